The van der Waals surface area contributed by atoms with Gasteiger partial charge in [-0.1, -0.05) is 25.1 Å². The molecule has 0 bridgehead atoms. The van der Waals surface area contributed by atoms with Gasteiger partial charge in [-0.05, 0) is 31.0 Å². The molecule has 0 amide bonds. The third-order valence-corrected chi connectivity index (χ3v) is 3.57. The average molecular weight is 244 g/mol. The number of aliphatic hydroxyl groups is 1. The molecule has 2 rings (SSSR count). The fourth-order valence-electron chi connectivity index (χ4n) is 2.04. The van der Waals surface area contributed by atoms with E-state index in [0.717, 1.165) is 28.7 Å². The Hall–Kier alpha value is -1.61. The van der Waals surface area contributed by atoms with Gasteiger partial charge in [-0.3, -0.25) is 0 Å². The normalized spacial score (nSPS) is 12.7. The van der Waals surface area contributed by atoms with Crippen molar-refractivity contribution in [3.63, 3.8) is 0 Å². The largest absolute Gasteiger partial charge is 0.392 e. The van der Waals surface area contributed by atoms with Crippen LogP contribution in [0.25, 0.3) is 10.9 Å². The average Bonchev–Trinajstić information content (AvgIpc) is 2.44. The van der Waals surface area contributed by atoms with Crippen LogP contribution in [0, 0.1) is 0 Å². The molecular weight excluding hydrogens is 224 g/mol. The number of benzene rings is 1. The van der Waals surface area contributed by atoms with Gasteiger partial charge in [0.05, 0.1) is 12.1 Å². The van der Waals surface area contributed by atoms with Gasteiger partial charge in [-0.25, -0.2) is 4.98 Å². The number of hydrogen-bond donors (Lipinski definition) is 1. The van der Waals surface area contributed by atoms with Crippen molar-refractivity contribution in [1.29, 1.82) is 0 Å². The van der Waals surface area contributed by atoms with Crippen molar-refractivity contribution in [2.24, 2.45) is 0 Å². The third kappa shape index (κ3) is 2.31. The first kappa shape index (κ1) is 12.8. The van der Waals surface area contributed by atoms with E-state index >= 15 is 0 Å². The molecule has 0 saturated carbocycles. The monoisotopic (exact) mass is 244 g/mol. The van der Waals surface area contributed by atoms with Crippen LogP contribution in [0.2, 0.25) is 0 Å². The van der Waals surface area contributed by atoms with Crippen LogP contribution in [0.5, 0.6) is 0 Å². The van der Waals surface area contributed by atoms with Crippen LogP contribution in [-0.2, 0) is 6.61 Å². The van der Waals surface area contributed by atoms with Gasteiger partial charge in [-0.15, -0.1) is 0 Å². The van der Waals surface area contributed by atoms with Crippen molar-refractivity contribution in [3.8, 4) is 0 Å². The summed E-state index contributed by atoms with van der Waals surface area (Å²) in [5, 5.41) is 10.5. The molecule has 0 saturated heterocycles. The topological polar surface area (TPSA) is 36.4 Å². The zero-order chi connectivity index (χ0) is 13.1. The molecule has 1 aromatic carbocycles. The molecule has 3 nitrogen and oxygen atoms in total. The molecule has 96 valence electrons. The molecule has 18 heavy (non-hydrogen) atoms. The summed E-state index contributed by atoms with van der Waals surface area (Å²) >= 11 is 0. The maximum atomic E-state index is 9.49. The summed E-state index contributed by atoms with van der Waals surface area (Å²) in [6.45, 7) is 4.38. The number of para-hydroxylation sites is 1. The SMILES string of the molecule is CCC(C)N(C)c1cc(CO)c2ccccc2n1. The number of pyridine rings is 1. The van der Waals surface area contributed by atoms with Crippen molar-refractivity contribution >= 4 is 16.7 Å². The lowest BCUT2D eigenvalue weighted by Crippen LogP contribution is -2.28. The quantitative estimate of drug-likeness (QED) is 0.898. The van der Waals surface area contributed by atoms with E-state index in [1.165, 1.54) is 0 Å². The lowest BCUT2D eigenvalue weighted by molar-refractivity contribution is 0.283. The summed E-state index contributed by atoms with van der Waals surface area (Å²) in [5.74, 6) is 0.923. The van der Waals surface area contributed by atoms with Crippen molar-refractivity contribution < 1.29 is 5.11 Å². The first-order valence-corrected chi connectivity index (χ1v) is 6.39. The summed E-state index contributed by atoms with van der Waals surface area (Å²) in [7, 11) is 2.05. The van der Waals surface area contributed by atoms with E-state index in [1.54, 1.807) is 0 Å². The zero-order valence-electron chi connectivity index (χ0n) is 11.2. The van der Waals surface area contributed by atoms with E-state index in [4.69, 9.17) is 0 Å². The lowest BCUT2D eigenvalue weighted by atomic mass is 10.1. The number of aromatic nitrogens is 1. The fraction of sp³-hybridized carbons (Fsp3) is 0.400. The molecule has 0 aliphatic rings. The van der Waals surface area contributed by atoms with Crippen LogP contribution < -0.4 is 4.90 Å². The van der Waals surface area contributed by atoms with E-state index < -0.39 is 0 Å². The Balaban J connectivity index is 2.53. The van der Waals surface area contributed by atoms with Gasteiger partial charge >= 0.3 is 0 Å². The van der Waals surface area contributed by atoms with Crippen LogP contribution in [0.4, 0.5) is 5.82 Å². The van der Waals surface area contributed by atoms with Crippen LogP contribution in [0.15, 0.2) is 30.3 Å². The van der Waals surface area contributed by atoms with Crippen molar-refractivity contribution in [3.05, 3.63) is 35.9 Å². The Bertz CT molecular complexity index is 539. The number of hydrogen-bond acceptors (Lipinski definition) is 3. The van der Waals surface area contributed by atoms with E-state index in [0.29, 0.717) is 6.04 Å². The number of rotatable bonds is 4. The van der Waals surface area contributed by atoms with E-state index in [-0.39, 0.29) is 6.61 Å². The van der Waals surface area contributed by atoms with Crippen LogP contribution in [0.3, 0.4) is 0 Å². The van der Waals surface area contributed by atoms with Crippen molar-refractivity contribution in [1.82, 2.24) is 4.98 Å². The minimum absolute atomic E-state index is 0.0460. The second kappa shape index (κ2) is 5.36. The summed E-state index contributed by atoms with van der Waals surface area (Å²) < 4.78 is 0. The van der Waals surface area contributed by atoms with Gasteiger partial charge in [0.1, 0.15) is 5.82 Å². The van der Waals surface area contributed by atoms with E-state index in [1.807, 2.05) is 37.4 Å². The summed E-state index contributed by atoms with van der Waals surface area (Å²) in [6.07, 6.45) is 1.07. The second-order valence-electron chi connectivity index (χ2n) is 4.68. The zero-order valence-corrected chi connectivity index (χ0v) is 11.2. The van der Waals surface area contributed by atoms with Crippen molar-refractivity contribution in [2.45, 2.75) is 32.9 Å². The Morgan fingerprint density at radius 2 is 2.06 bits per heavy atom. The minimum atomic E-state index is 0.0460. The van der Waals surface area contributed by atoms with Gasteiger partial charge < -0.3 is 10.0 Å². The fourth-order valence-corrected chi connectivity index (χ4v) is 2.04. The Kier molecular flexibility index (Phi) is 3.82. The summed E-state index contributed by atoms with van der Waals surface area (Å²) in [4.78, 5) is 6.83. The molecule has 2 aromatic rings. The maximum absolute atomic E-state index is 9.49. The standard InChI is InChI=1S/C15H20N2O/c1-4-11(2)17(3)15-9-12(10-18)13-7-5-6-8-14(13)16-15/h5-9,11,18H,4,10H2,1-3H3. The minimum Gasteiger partial charge on any atom is -0.392 e. The number of fused-ring (bicyclic) bond motifs is 1. The maximum Gasteiger partial charge on any atom is 0.129 e. The second-order valence-corrected chi connectivity index (χ2v) is 4.68. The summed E-state index contributed by atoms with van der Waals surface area (Å²) in [6, 6.07) is 10.4. The van der Waals surface area contributed by atoms with Crippen molar-refractivity contribution in [2.75, 3.05) is 11.9 Å². The number of anilines is 1. The smallest absolute Gasteiger partial charge is 0.129 e. The molecule has 1 heterocycles. The van der Waals surface area contributed by atoms with Gasteiger partial charge in [0.25, 0.3) is 0 Å². The molecule has 1 aromatic heterocycles. The van der Waals surface area contributed by atoms with Gasteiger partial charge in [0.15, 0.2) is 0 Å². The first-order chi connectivity index (χ1) is 8.67. The molecular formula is C15H20N2O. The summed E-state index contributed by atoms with van der Waals surface area (Å²) in [5.41, 5.74) is 1.87. The molecule has 0 aliphatic carbocycles. The molecule has 1 atom stereocenters. The molecule has 3 heteroatoms. The van der Waals surface area contributed by atoms with Crippen LogP contribution in [-0.4, -0.2) is 23.2 Å². The Morgan fingerprint density at radius 1 is 1.33 bits per heavy atom. The molecule has 0 aliphatic heterocycles. The van der Waals surface area contributed by atoms with Crippen LogP contribution in [0.1, 0.15) is 25.8 Å². The van der Waals surface area contributed by atoms with E-state index in [9.17, 15) is 5.11 Å². The molecule has 0 radical (unpaired) electrons. The number of aliphatic hydroxyl groups excluding tert-OH is 1. The predicted octanol–water partition coefficient (Wildman–Crippen LogP) is 2.96. The highest BCUT2D eigenvalue weighted by Gasteiger charge is 2.12. The molecule has 1 unspecified atom stereocenters. The van der Waals surface area contributed by atoms with E-state index in [2.05, 4.69) is 23.7 Å². The third-order valence-electron chi connectivity index (χ3n) is 3.57. The highest BCUT2D eigenvalue weighted by Crippen LogP contribution is 2.23. The predicted molar refractivity (Wildman–Crippen MR) is 75.8 cm³/mol. The lowest BCUT2D eigenvalue weighted by Gasteiger charge is -2.25. The van der Waals surface area contributed by atoms with Gasteiger partial charge in [-0.2, -0.15) is 0 Å². The number of nitrogens with zero attached hydrogens (tertiary/aromatic N) is 2. The van der Waals surface area contributed by atoms with Crippen LogP contribution >= 0.6 is 0 Å². The van der Waals surface area contributed by atoms with Gasteiger partial charge in [0.2, 0.25) is 0 Å². The highest BCUT2D eigenvalue weighted by molar-refractivity contribution is 5.84. The Labute approximate surface area is 108 Å². The first-order valence-electron chi connectivity index (χ1n) is 6.39. The van der Waals surface area contributed by atoms with Gasteiger partial charge in [0, 0.05) is 18.5 Å². The highest BCUT2D eigenvalue weighted by atomic mass is 16.3. The Morgan fingerprint density at radius 3 is 2.72 bits per heavy atom. The molecule has 1 N–H and O–H groups in total. The molecule has 0 spiro atoms. The molecule has 0 fully saturated rings.